The molecule has 0 aromatic carbocycles. The number of aliphatic hydroxyl groups excluding tert-OH is 1. The van der Waals surface area contributed by atoms with E-state index in [1.807, 2.05) is 0 Å². The molecule has 0 radical (unpaired) electrons. The summed E-state index contributed by atoms with van der Waals surface area (Å²) >= 11 is 0. The zero-order chi connectivity index (χ0) is 12.4. The van der Waals surface area contributed by atoms with Crippen molar-refractivity contribution < 1.29 is 19.8 Å². The predicted octanol–water partition coefficient (Wildman–Crippen LogP) is -0.685. The number of carbonyl (C=O) groups is 2. The van der Waals surface area contributed by atoms with Crippen LogP contribution in [0.1, 0.15) is 25.7 Å². The Bertz CT molecular complexity index is 221. The van der Waals surface area contributed by atoms with Crippen LogP contribution in [0.15, 0.2) is 0 Å². The number of nitrogens with one attached hydrogen (secondary N) is 1. The van der Waals surface area contributed by atoms with Gasteiger partial charge in [0, 0.05) is 13.2 Å². The van der Waals surface area contributed by atoms with E-state index >= 15 is 0 Å². The van der Waals surface area contributed by atoms with Crippen molar-refractivity contribution in [1.29, 1.82) is 0 Å². The Labute approximate surface area is 94.8 Å². The molecule has 0 aliphatic rings. The smallest absolute Gasteiger partial charge is 0.316 e. The third kappa shape index (κ3) is 6.36. The molecule has 0 aliphatic heterocycles. The average Bonchev–Trinajstić information content (AvgIpc) is 2.24. The molecule has 1 atom stereocenters. The van der Waals surface area contributed by atoms with Crippen molar-refractivity contribution in [3.05, 3.63) is 0 Å². The van der Waals surface area contributed by atoms with Crippen LogP contribution in [-0.2, 0) is 9.59 Å². The van der Waals surface area contributed by atoms with Gasteiger partial charge < -0.3 is 21.3 Å². The molecule has 0 aliphatic carbocycles. The van der Waals surface area contributed by atoms with Gasteiger partial charge in [0.1, 0.15) is 5.92 Å². The zero-order valence-electron chi connectivity index (χ0n) is 9.32. The summed E-state index contributed by atoms with van der Waals surface area (Å²) in [4.78, 5) is 22.2. The molecule has 6 nitrogen and oxygen atoms in total. The van der Waals surface area contributed by atoms with E-state index in [4.69, 9.17) is 15.9 Å². The predicted molar refractivity (Wildman–Crippen MR) is 58.7 cm³/mol. The lowest BCUT2D eigenvalue weighted by Crippen LogP contribution is -2.36. The van der Waals surface area contributed by atoms with Gasteiger partial charge >= 0.3 is 5.97 Å². The minimum Gasteiger partial charge on any atom is -0.481 e. The quantitative estimate of drug-likeness (QED) is 0.310. The van der Waals surface area contributed by atoms with Crippen molar-refractivity contribution in [3.8, 4) is 0 Å². The molecule has 5 N–H and O–H groups in total. The van der Waals surface area contributed by atoms with Crippen LogP contribution in [0.5, 0.6) is 0 Å². The molecule has 0 spiro atoms. The standard InChI is InChI=1S/C10H20N2O4/c11-5-1-2-6-12-9(14)8(10(15)16)4-3-7-13/h8,13H,1-7,11H2,(H,12,14)(H,15,16). The lowest BCUT2D eigenvalue weighted by molar-refractivity contribution is -0.147. The Morgan fingerprint density at radius 3 is 2.44 bits per heavy atom. The summed E-state index contributed by atoms with van der Waals surface area (Å²) in [6.45, 7) is 0.895. The van der Waals surface area contributed by atoms with Gasteiger partial charge in [-0.3, -0.25) is 9.59 Å². The number of unbranched alkanes of at least 4 members (excludes halogenated alkanes) is 1. The molecule has 0 rings (SSSR count). The van der Waals surface area contributed by atoms with Crippen molar-refractivity contribution in [3.63, 3.8) is 0 Å². The summed E-state index contributed by atoms with van der Waals surface area (Å²) in [5.74, 6) is -2.70. The van der Waals surface area contributed by atoms with E-state index in [9.17, 15) is 9.59 Å². The van der Waals surface area contributed by atoms with Crippen molar-refractivity contribution >= 4 is 11.9 Å². The third-order valence-corrected chi connectivity index (χ3v) is 2.20. The molecule has 94 valence electrons. The highest BCUT2D eigenvalue weighted by molar-refractivity contribution is 5.96. The van der Waals surface area contributed by atoms with Gasteiger partial charge in [-0.1, -0.05) is 0 Å². The highest BCUT2D eigenvalue weighted by Crippen LogP contribution is 2.06. The number of amides is 1. The van der Waals surface area contributed by atoms with Crippen LogP contribution in [0.4, 0.5) is 0 Å². The van der Waals surface area contributed by atoms with Crippen LogP contribution in [0.25, 0.3) is 0 Å². The normalized spacial score (nSPS) is 12.1. The van der Waals surface area contributed by atoms with Crippen LogP contribution in [0.3, 0.4) is 0 Å². The first kappa shape index (κ1) is 14.9. The molecule has 1 amide bonds. The molecule has 1 unspecified atom stereocenters. The topological polar surface area (TPSA) is 113 Å². The van der Waals surface area contributed by atoms with Gasteiger partial charge in [-0.2, -0.15) is 0 Å². The van der Waals surface area contributed by atoms with Gasteiger partial charge in [0.15, 0.2) is 0 Å². The fourth-order valence-electron chi connectivity index (χ4n) is 1.27. The Hall–Kier alpha value is -1.14. The fraction of sp³-hybridized carbons (Fsp3) is 0.800. The maximum Gasteiger partial charge on any atom is 0.316 e. The second-order valence-electron chi connectivity index (χ2n) is 3.54. The number of nitrogens with two attached hydrogens (primary N) is 1. The largest absolute Gasteiger partial charge is 0.481 e. The first-order valence-electron chi connectivity index (χ1n) is 5.45. The second-order valence-corrected chi connectivity index (χ2v) is 3.54. The van der Waals surface area contributed by atoms with Crippen molar-refractivity contribution in [2.75, 3.05) is 19.7 Å². The Morgan fingerprint density at radius 2 is 1.94 bits per heavy atom. The van der Waals surface area contributed by atoms with Gasteiger partial charge in [-0.15, -0.1) is 0 Å². The number of rotatable bonds is 9. The van der Waals surface area contributed by atoms with E-state index in [2.05, 4.69) is 5.32 Å². The number of aliphatic hydroxyl groups is 1. The number of hydrogen-bond acceptors (Lipinski definition) is 4. The fourth-order valence-corrected chi connectivity index (χ4v) is 1.27. The molecule has 0 aromatic rings. The number of carboxylic acids is 1. The van der Waals surface area contributed by atoms with E-state index in [0.717, 1.165) is 12.8 Å². The minimum absolute atomic E-state index is 0.107. The maximum atomic E-state index is 11.4. The zero-order valence-corrected chi connectivity index (χ0v) is 9.32. The molecule has 0 heterocycles. The summed E-state index contributed by atoms with van der Waals surface area (Å²) in [5, 5.41) is 19.9. The highest BCUT2D eigenvalue weighted by atomic mass is 16.4. The first-order chi connectivity index (χ1) is 7.63. The lowest BCUT2D eigenvalue weighted by atomic mass is 10.0. The van der Waals surface area contributed by atoms with E-state index in [-0.39, 0.29) is 13.0 Å². The van der Waals surface area contributed by atoms with Crippen molar-refractivity contribution in [1.82, 2.24) is 5.32 Å². The maximum absolute atomic E-state index is 11.4. The molecule has 6 heteroatoms. The van der Waals surface area contributed by atoms with E-state index in [1.165, 1.54) is 0 Å². The molecular formula is C10H20N2O4. The van der Waals surface area contributed by atoms with Crippen molar-refractivity contribution in [2.24, 2.45) is 11.7 Å². The van der Waals surface area contributed by atoms with Gasteiger partial charge in [-0.25, -0.2) is 0 Å². The number of carboxylic acid groups (broad SMARTS) is 1. The summed E-state index contributed by atoms with van der Waals surface area (Å²) in [7, 11) is 0. The van der Waals surface area contributed by atoms with Crippen molar-refractivity contribution in [2.45, 2.75) is 25.7 Å². The molecule has 0 aromatic heterocycles. The van der Waals surface area contributed by atoms with E-state index in [1.54, 1.807) is 0 Å². The van der Waals surface area contributed by atoms with E-state index < -0.39 is 17.8 Å². The molecule has 0 fully saturated rings. The van der Waals surface area contributed by atoms with Gasteiger partial charge in [0.2, 0.25) is 5.91 Å². The van der Waals surface area contributed by atoms with E-state index in [0.29, 0.717) is 19.5 Å². The summed E-state index contributed by atoms with van der Waals surface area (Å²) in [6, 6.07) is 0. The minimum atomic E-state index is -1.15. The molecule has 16 heavy (non-hydrogen) atoms. The number of aliphatic carboxylic acids is 1. The Kier molecular flexibility index (Phi) is 8.46. The average molecular weight is 232 g/mol. The number of hydrogen-bond donors (Lipinski definition) is 4. The van der Waals surface area contributed by atoms with Crippen LogP contribution in [-0.4, -0.2) is 41.8 Å². The lowest BCUT2D eigenvalue weighted by Gasteiger charge is -2.11. The SMILES string of the molecule is NCCCCNC(=O)C(CCCO)C(=O)O. The third-order valence-electron chi connectivity index (χ3n) is 2.20. The summed E-state index contributed by atoms with van der Waals surface area (Å²) in [5.41, 5.74) is 5.28. The Balaban J connectivity index is 3.92. The summed E-state index contributed by atoms with van der Waals surface area (Å²) < 4.78 is 0. The Morgan fingerprint density at radius 1 is 1.25 bits per heavy atom. The number of carbonyl (C=O) groups excluding carboxylic acids is 1. The molecule has 0 saturated heterocycles. The van der Waals surface area contributed by atoms with Gasteiger partial charge in [0.05, 0.1) is 0 Å². The molecular weight excluding hydrogens is 212 g/mol. The molecule has 0 bridgehead atoms. The van der Waals surface area contributed by atoms with Crippen LogP contribution < -0.4 is 11.1 Å². The van der Waals surface area contributed by atoms with Crippen LogP contribution in [0.2, 0.25) is 0 Å². The first-order valence-corrected chi connectivity index (χ1v) is 5.45. The van der Waals surface area contributed by atoms with Crippen LogP contribution >= 0.6 is 0 Å². The van der Waals surface area contributed by atoms with Gasteiger partial charge in [-0.05, 0) is 32.2 Å². The highest BCUT2D eigenvalue weighted by Gasteiger charge is 2.24. The second kappa shape index (κ2) is 9.11. The molecule has 0 saturated carbocycles. The monoisotopic (exact) mass is 232 g/mol. The van der Waals surface area contributed by atoms with Crippen LogP contribution in [0, 0.1) is 5.92 Å². The van der Waals surface area contributed by atoms with Gasteiger partial charge in [0.25, 0.3) is 0 Å². The summed E-state index contributed by atoms with van der Waals surface area (Å²) in [6.07, 6.45) is 2.02.